The molecule has 1 aliphatic carbocycles. The lowest BCUT2D eigenvalue weighted by Crippen LogP contribution is -2.22. The molecular weight excluding hydrogens is 384 g/mol. The molecule has 0 fully saturated rings. The quantitative estimate of drug-likeness (QED) is 0.778. The van der Waals surface area contributed by atoms with Crippen LogP contribution in [0.15, 0.2) is 12.1 Å². The predicted molar refractivity (Wildman–Crippen MR) is 109 cm³/mol. The van der Waals surface area contributed by atoms with Gasteiger partial charge in [-0.15, -0.1) is 11.3 Å². The summed E-state index contributed by atoms with van der Waals surface area (Å²) in [5.74, 6) is 0.329. The third kappa shape index (κ3) is 4.28. The fourth-order valence-electron chi connectivity index (χ4n) is 3.40. The van der Waals surface area contributed by atoms with Crippen LogP contribution in [0.1, 0.15) is 45.3 Å². The minimum Gasteiger partial charge on any atom is -0.484 e. The van der Waals surface area contributed by atoms with Crippen molar-refractivity contribution in [3.05, 3.63) is 44.3 Å². The van der Waals surface area contributed by atoms with Crippen LogP contribution in [-0.4, -0.2) is 18.4 Å². The van der Waals surface area contributed by atoms with Crippen molar-refractivity contribution >= 4 is 39.8 Å². The Kier molecular flexibility index (Phi) is 5.77. The smallest absolute Gasteiger partial charge is 0.262 e. The van der Waals surface area contributed by atoms with Crippen LogP contribution >= 0.6 is 22.9 Å². The summed E-state index contributed by atoms with van der Waals surface area (Å²) in [5, 5.41) is 4.02. The van der Waals surface area contributed by atoms with E-state index in [1.54, 1.807) is 12.1 Å². The highest BCUT2D eigenvalue weighted by Gasteiger charge is 2.27. The van der Waals surface area contributed by atoms with Crippen molar-refractivity contribution < 1.29 is 14.3 Å². The molecule has 0 bridgehead atoms. The Hall–Kier alpha value is -2.05. The number of nitrogens with one attached hydrogen (secondary N) is 1. The SMILES string of the molecule is Cc1cc(OCC(=O)Nc2sc3c(c2C(N)=O)CCC(C)C3)cc(C)c1Cl. The summed E-state index contributed by atoms with van der Waals surface area (Å²) in [6.07, 6.45) is 2.76. The third-order valence-electron chi connectivity index (χ3n) is 4.79. The molecule has 2 aromatic rings. The standard InChI is InChI=1S/C20H23ClN2O3S/c1-10-4-5-14-15(6-10)27-20(17(14)19(22)25)23-16(24)9-26-13-7-11(2)18(21)12(3)8-13/h7-8,10H,4-6,9H2,1-3H3,(H2,22,25)(H,23,24). The minimum atomic E-state index is -0.498. The summed E-state index contributed by atoms with van der Waals surface area (Å²) in [6, 6.07) is 3.59. The average Bonchev–Trinajstić information content (AvgIpc) is 2.94. The van der Waals surface area contributed by atoms with Gasteiger partial charge in [0.1, 0.15) is 10.8 Å². The van der Waals surface area contributed by atoms with E-state index >= 15 is 0 Å². The molecule has 1 heterocycles. The first-order chi connectivity index (χ1) is 12.8. The number of nitrogens with two attached hydrogens (primary N) is 1. The number of amides is 2. The lowest BCUT2D eigenvalue weighted by atomic mass is 9.88. The molecule has 7 heteroatoms. The van der Waals surface area contributed by atoms with E-state index in [0.717, 1.165) is 40.8 Å². The highest BCUT2D eigenvalue weighted by molar-refractivity contribution is 7.17. The molecule has 1 unspecified atom stereocenters. The second kappa shape index (κ2) is 7.90. The molecule has 2 amide bonds. The summed E-state index contributed by atoms with van der Waals surface area (Å²) < 4.78 is 5.59. The molecule has 0 aliphatic heterocycles. The van der Waals surface area contributed by atoms with E-state index in [1.807, 2.05) is 13.8 Å². The third-order valence-corrected chi connectivity index (χ3v) is 6.56. The Morgan fingerprint density at radius 1 is 1.33 bits per heavy atom. The van der Waals surface area contributed by atoms with Crippen LogP contribution in [0.3, 0.4) is 0 Å². The second-order valence-corrected chi connectivity index (χ2v) is 8.61. The Bertz CT molecular complexity index is 884. The first-order valence-electron chi connectivity index (χ1n) is 8.90. The topological polar surface area (TPSA) is 81.4 Å². The number of anilines is 1. The van der Waals surface area contributed by atoms with Gasteiger partial charge in [0, 0.05) is 9.90 Å². The van der Waals surface area contributed by atoms with Gasteiger partial charge in [-0.2, -0.15) is 0 Å². The molecule has 144 valence electrons. The van der Waals surface area contributed by atoms with Crippen LogP contribution in [0, 0.1) is 19.8 Å². The van der Waals surface area contributed by atoms with Gasteiger partial charge in [0.05, 0.1) is 5.56 Å². The van der Waals surface area contributed by atoms with Crippen LogP contribution in [-0.2, 0) is 17.6 Å². The number of halogens is 1. The molecular formula is C20H23ClN2O3S. The molecule has 1 aliphatic rings. The summed E-state index contributed by atoms with van der Waals surface area (Å²) in [5.41, 5.74) is 8.81. The molecule has 1 atom stereocenters. The van der Waals surface area contributed by atoms with E-state index in [0.29, 0.717) is 27.3 Å². The fraction of sp³-hybridized carbons (Fsp3) is 0.400. The number of benzene rings is 1. The van der Waals surface area contributed by atoms with Gasteiger partial charge < -0.3 is 15.8 Å². The molecule has 1 aromatic carbocycles. The van der Waals surface area contributed by atoms with Crippen LogP contribution < -0.4 is 15.8 Å². The molecule has 0 radical (unpaired) electrons. The predicted octanol–water partition coefficient (Wildman–Crippen LogP) is 4.26. The first kappa shape index (κ1) is 19.7. The zero-order valence-electron chi connectivity index (χ0n) is 15.6. The maximum absolute atomic E-state index is 12.4. The molecule has 0 saturated carbocycles. The number of carbonyl (C=O) groups is 2. The van der Waals surface area contributed by atoms with Crippen molar-refractivity contribution in [1.82, 2.24) is 0 Å². The number of rotatable bonds is 5. The van der Waals surface area contributed by atoms with Crippen molar-refractivity contribution in [3.8, 4) is 5.75 Å². The van der Waals surface area contributed by atoms with Crippen LogP contribution in [0.25, 0.3) is 0 Å². The van der Waals surface area contributed by atoms with Crippen molar-refractivity contribution in [2.45, 2.75) is 40.0 Å². The van der Waals surface area contributed by atoms with Gasteiger partial charge in [0.15, 0.2) is 6.61 Å². The van der Waals surface area contributed by atoms with Gasteiger partial charge in [-0.25, -0.2) is 0 Å². The molecule has 0 spiro atoms. The van der Waals surface area contributed by atoms with E-state index in [-0.39, 0.29) is 12.5 Å². The molecule has 3 rings (SSSR count). The lowest BCUT2D eigenvalue weighted by molar-refractivity contribution is -0.118. The van der Waals surface area contributed by atoms with Gasteiger partial charge in [-0.1, -0.05) is 18.5 Å². The molecule has 1 aromatic heterocycles. The van der Waals surface area contributed by atoms with E-state index in [9.17, 15) is 9.59 Å². The average molecular weight is 407 g/mol. The largest absolute Gasteiger partial charge is 0.484 e. The highest BCUT2D eigenvalue weighted by atomic mass is 35.5. The number of aryl methyl sites for hydroxylation is 2. The fourth-order valence-corrected chi connectivity index (χ4v) is 4.94. The van der Waals surface area contributed by atoms with Crippen molar-refractivity contribution in [1.29, 1.82) is 0 Å². The number of primary amides is 1. The van der Waals surface area contributed by atoms with Crippen molar-refractivity contribution in [3.63, 3.8) is 0 Å². The van der Waals surface area contributed by atoms with Gasteiger partial charge in [0.2, 0.25) is 0 Å². The first-order valence-corrected chi connectivity index (χ1v) is 10.1. The number of carbonyl (C=O) groups excluding carboxylic acids is 2. The van der Waals surface area contributed by atoms with Gasteiger partial charge in [-0.3, -0.25) is 9.59 Å². The van der Waals surface area contributed by atoms with E-state index in [2.05, 4.69) is 12.2 Å². The van der Waals surface area contributed by atoms with Gasteiger partial charge >= 0.3 is 0 Å². The lowest BCUT2D eigenvalue weighted by Gasteiger charge is -2.18. The Balaban J connectivity index is 1.72. The zero-order chi connectivity index (χ0) is 19.7. The Morgan fingerprint density at radius 2 is 2.00 bits per heavy atom. The summed E-state index contributed by atoms with van der Waals surface area (Å²) in [7, 11) is 0. The summed E-state index contributed by atoms with van der Waals surface area (Å²) >= 11 is 7.59. The number of hydrogen-bond acceptors (Lipinski definition) is 4. The van der Waals surface area contributed by atoms with E-state index in [4.69, 9.17) is 22.1 Å². The van der Waals surface area contributed by atoms with Gasteiger partial charge in [0.25, 0.3) is 11.8 Å². The molecule has 27 heavy (non-hydrogen) atoms. The molecule has 5 nitrogen and oxygen atoms in total. The Labute approximate surface area is 167 Å². The normalized spacial score (nSPS) is 15.9. The number of hydrogen-bond donors (Lipinski definition) is 2. The van der Waals surface area contributed by atoms with Crippen molar-refractivity contribution in [2.75, 3.05) is 11.9 Å². The number of thiophene rings is 1. The molecule has 0 saturated heterocycles. The Morgan fingerprint density at radius 3 is 2.63 bits per heavy atom. The number of ether oxygens (including phenoxy) is 1. The highest BCUT2D eigenvalue weighted by Crippen LogP contribution is 2.39. The minimum absolute atomic E-state index is 0.155. The second-order valence-electron chi connectivity index (χ2n) is 7.13. The van der Waals surface area contributed by atoms with Crippen LogP contribution in [0.4, 0.5) is 5.00 Å². The maximum Gasteiger partial charge on any atom is 0.262 e. The monoisotopic (exact) mass is 406 g/mol. The molecule has 3 N–H and O–H groups in total. The maximum atomic E-state index is 12.4. The van der Waals surface area contributed by atoms with E-state index in [1.165, 1.54) is 11.3 Å². The van der Waals surface area contributed by atoms with E-state index < -0.39 is 5.91 Å². The zero-order valence-corrected chi connectivity index (χ0v) is 17.2. The summed E-state index contributed by atoms with van der Waals surface area (Å²) in [6.45, 7) is 5.81. The van der Waals surface area contributed by atoms with Crippen molar-refractivity contribution in [2.24, 2.45) is 11.7 Å². The van der Waals surface area contributed by atoms with Gasteiger partial charge in [-0.05, 0) is 67.9 Å². The number of fused-ring (bicyclic) bond motifs is 1. The summed E-state index contributed by atoms with van der Waals surface area (Å²) in [4.78, 5) is 25.4. The van der Waals surface area contributed by atoms with Crippen LogP contribution in [0.5, 0.6) is 5.75 Å². The van der Waals surface area contributed by atoms with Crippen LogP contribution in [0.2, 0.25) is 5.02 Å².